The first-order valence-electron chi connectivity index (χ1n) is 6.73. The number of ketones is 2. The third-order valence-corrected chi connectivity index (χ3v) is 3.36. The van der Waals surface area contributed by atoms with Gasteiger partial charge in [-0.2, -0.15) is 0 Å². The first-order valence-corrected chi connectivity index (χ1v) is 7.10. The summed E-state index contributed by atoms with van der Waals surface area (Å²) in [6.45, 7) is 1.60. The Morgan fingerprint density at radius 1 is 1.09 bits per heavy atom. The van der Waals surface area contributed by atoms with Gasteiger partial charge >= 0.3 is 0 Å². The highest BCUT2D eigenvalue weighted by molar-refractivity contribution is 6.30. The van der Waals surface area contributed by atoms with Crippen LogP contribution < -0.4 is 4.74 Å². The van der Waals surface area contributed by atoms with E-state index in [-0.39, 0.29) is 23.7 Å². The molecule has 1 atom stereocenters. The number of phenolic OH excluding ortho intramolecular Hbond substituents is 1. The van der Waals surface area contributed by atoms with E-state index in [0.29, 0.717) is 16.3 Å². The zero-order valence-electron chi connectivity index (χ0n) is 12.0. The molecule has 0 heterocycles. The Morgan fingerprint density at radius 2 is 1.68 bits per heavy atom. The highest BCUT2D eigenvalue weighted by Crippen LogP contribution is 2.18. The molecule has 5 heteroatoms. The summed E-state index contributed by atoms with van der Waals surface area (Å²) in [5.41, 5.74) is 0.379. The molecule has 0 spiro atoms. The van der Waals surface area contributed by atoms with E-state index in [2.05, 4.69) is 0 Å². The number of Topliss-reactive ketones (excluding diaryl/α,β-unsaturated/α-hetero) is 2. The lowest BCUT2D eigenvalue weighted by molar-refractivity contribution is -0.124. The maximum Gasteiger partial charge on any atom is 0.180 e. The Kier molecular flexibility index (Phi) is 5.17. The topological polar surface area (TPSA) is 63.6 Å². The van der Waals surface area contributed by atoms with Crippen molar-refractivity contribution in [1.29, 1.82) is 0 Å². The van der Waals surface area contributed by atoms with Gasteiger partial charge in [0.25, 0.3) is 0 Å². The molecule has 0 aliphatic carbocycles. The molecule has 0 amide bonds. The van der Waals surface area contributed by atoms with Gasteiger partial charge in [-0.3, -0.25) is 9.59 Å². The second-order valence-corrected chi connectivity index (χ2v) is 5.26. The van der Waals surface area contributed by atoms with Gasteiger partial charge in [0.1, 0.15) is 11.5 Å². The molecule has 0 radical (unpaired) electrons. The lowest BCUT2D eigenvalue weighted by atomic mass is 10.0. The van der Waals surface area contributed by atoms with Crippen LogP contribution in [0.3, 0.4) is 0 Å². The third kappa shape index (κ3) is 4.33. The summed E-state index contributed by atoms with van der Waals surface area (Å²) in [7, 11) is 0. The van der Waals surface area contributed by atoms with E-state index in [1.165, 1.54) is 24.3 Å². The van der Waals surface area contributed by atoms with Crippen LogP contribution in [0.25, 0.3) is 0 Å². The van der Waals surface area contributed by atoms with Gasteiger partial charge in [-0.25, -0.2) is 0 Å². The molecule has 2 aromatic rings. The quantitative estimate of drug-likeness (QED) is 0.652. The van der Waals surface area contributed by atoms with E-state index in [1.807, 2.05) is 0 Å². The number of aromatic hydroxyl groups is 1. The molecule has 1 N–H and O–H groups in total. The molecule has 4 nitrogen and oxygen atoms in total. The van der Waals surface area contributed by atoms with Crippen molar-refractivity contribution >= 4 is 23.2 Å². The Labute approximate surface area is 133 Å². The maximum absolute atomic E-state index is 12.0. The SMILES string of the molecule is CC(Oc1ccc(Cl)cc1)C(=O)CC(=O)c1ccc(O)cc1. The number of benzene rings is 2. The molecule has 0 saturated heterocycles. The minimum absolute atomic E-state index is 0.0716. The van der Waals surface area contributed by atoms with Crippen LogP contribution >= 0.6 is 11.6 Å². The third-order valence-electron chi connectivity index (χ3n) is 3.10. The highest BCUT2D eigenvalue weighted by atomic mass is 35.5. The lowest BCUT2D eigenvalue weighted by Crippen LogP contribution is -2.26. The number of phenols is 1. The summed E-state index contributed by atoms with van der Waals surface area (Å²) < 4.78 is 5.49. The molecule has 2 rings (SSSR count). The van der Waals surface area contributed by atoms with Gasteiger partial charge in [0, 0.05) is 10.6 Å². The van der Waals surface area contributed by atoms with Crippen LogP contribution in [0.2, 0.25) is 5.02 Å². The van der Waals surface area contributed by atoms with Crippen molar-refractivity contribution in [2.45, 2.75) is 19.4 Å². The second kappa shape index (κ2) is 7.09. The van der Waals surface area contributed by atoms with Gasteiger partial charge in [0.15, 0.2) is 17.7 Å². The molecule has 2 aromatic carbocycles. The number of ether oxygens (including phenoxy) is 1. The summed E-state index contributed by atoms with van der Waals surface area (Å²) in [5.74, 6) is -0.0331. The standard InChI is InChI=1S/C17H15ClO4/c1-11(22-15-8-4-13(18)5-9-15)16(20)10-17(21)12-2-6-14(19)7-3-12/h2-9,11,19H,10H2,1H3. The minimum atomic E-state index is -0.734. The monoisotopic (exact) mass is 318 g/mol. The average Bonchev–Trinajstić information content (AvgIpc) is 2.50. The van der Waals surface area contributed by atoms with Crippen molar-refractivity contribution in [2.24, 2.45) is 0 Å². The van der Waals surface area contributed by atoms with Crippen molar-refractivity contribution in [1.82, 2.24) is 0 Å². The molecule has 0 saturated carbocycles. The highest BCUT2D eigenvalue weighted by Gasteiger charge is 2.19. The second-order valence-electron chi connectivity index (χ2n) is 4.83. The molecular weight excluding hydrogens is 304 g/mol. The number of carbonyl (C=O) groups is 2. The van der Waals surface area contributed by atoms with Crippen LogP contribution in [0.1, 0.15) is 23.7 Å². The smallest absolute Gasteiger partial charge is 0.180 e. The Morgan fingerprint density at radius 3 is 2.27 bits per heavy atom. The maximum atomic E-state index is 12.0. The molecule has 0 aliphatic rings. The van der Waals surface area contributed by atoms with Gasteiger partial charge < -0.3 is 9.84 Å². The van der Waals surface area contributed by atoms with E-state index in [4.69, 9.17) is 16.3 Å². The van der Waals surface area contributed by atoms with Gasteiger partial charge in [-0.15, -0.1) is 0 Å². The van der Waals surface area contributed by atoms with E-state index < -0.39 is 6.10 Å². The molecule has 22 heavy (non-hydrogen) atoms. The first-order chi connectivity index (χ1) is 10.5. The van der Waals surface area contributed by atoms with Crippen molar-refractivity contribution < 1.29 is 19.4 Å². The van der Waals surface area contributed by atoms with Crippen molar-refractivity contribution in [3.05, 3.63) is 59.1 Å². The molecule has 1 unspecified atom stereocenters. The lowest BCUT2D eigenvalue weighted by Gasteiger charge is -2.13. The van der Waals surface area contributed by atoms with Crippen LogP contribution in [-0.4, -0.2) is 22.8 Å². The fourth-order valence-corrected chi connectivity index (χ4v) is 1.96. The average molecular weight is 319 g/mol. The Hall–Kier alpha value is -2.33. The van der Waals surface area contributed by atoms with Gasteiger partial charge in [-0.1, -0.05) is 11.6 Å². The number of rotatable bonds is 6. The van der Waals surface area contributed by atoms with Gasteiger partial charge in [0.2, 0.25) is 0 Å². The van der Waals surface area contributed by atoms with Gasteiger partial charge in [-0.05, 0) is 55.5 Å². The Balaban J connectivity index is 1.94. The van der Waals surface area contributed by atoms with Crippen LogP contribution in [0.4, 0.5) is 0 Å². The van der Waals surface area contributed by atoms with Crippen LogP contribution in [-0.2, 0) is 4.79 Å². The number of hydrogen-bond acceptors (Lipinski definition) is 4. The first kappa shape index (κ1) is 16.0. The van der Waals surface area contributed by atoms with E-state index in [0.717, 1.165) is 0 Å². The predicted molar refractivity (Wildman–Crippen MR) is 83.6 cm³/mol. The van der Waals surface area contributed by atoms with E-state index in [9.17, 15) is 14.7 Å². The molecule has 114 valence electrons. The van der Waals surface area contributed by atoms with Crippen LogP contribution in [0, 0.1) is 0 Å². The predicted octanol–water partition coefficient (Wildman–Crippen LogP) is 3.66. The van der Waals surface area contributed by atoms with Crippen molar-refractivity contribution in [3.63, 3.8) is 0 Å². The van der Waals surface area contributed by atoms with Gasteiger partial charge in [0.05, 0.1) is 6.42 Å². The summed E-state index contributed by atoms with van der Waals surface area (Å²) in [4.78, 5) is 24.0. The molecule has 0 bridgehead atoms. The fourth-order valence-electron chi connectivity index (χ4n) is 1.83. The minimum Gasteiger partial charge on any atom is -0.508 e. The molecule has 0 fully saturated rings. The summed E-state index contributed by atoms with van der Waals surface area (Å²) in [6, 6.07) is 12.4. The van der Waals surface area contributed by atoms with Crippen molar-refractivity contribution in [2.75, 3.05) is 0 Å². The zero-order chi connectivity index (χ0) is 16.1. The largest absolute Gasteiger partial charge is 0.508 e. The van der Waals surface area contributed by atoms with Crippen LogP contribution in [0.15, 0.2) is 48.5 Å². The summed E-state index contributed by atoms with van der Waals surface area (Å²) in [6.07, 6.45) is -0.985. The number of hydrogen-bond donors (Lipinski definition) is 1. The number of carbonyl (C=O) groups excluding carboxylic acids is 2. The van der Waals surface area contributed by atoms with E-state index >= 15 is 0 Å². The van der Waals surface area contributed by atoms with Crippen molar-refractivity contribution in [3.8, 4) is 11.5 Å². The molecule has 0 aliphatic heterocycles. The Bertz CT molecular complexity index is 662. The van der Waals surface area contributed by atoms with E-state index in [1.54, 1.807) is 31.2 Å². The number of halogens is 1. The zero-order valence-corrected chi connectivity index (χ0v) is 12.7. The summed E-state index contributed by atoms with van der Waals surface area (Å²) >= 11 is 5.77. The summed E-state index contributed by atoms with van der Waals surface area (Å²) in [5, 5.41) is 9.76. The van der Waals surface area contributed by atoms with Crippen LogP contribution in [0.5, 0.6) is 11.5 Å². The normalized spacial score (nSPS) is 11.7. The molecular formula is C17H15ClO4. The molecule has 0 aromatic heterocycles. The fraction of sp³-hybridized carbons (Fsp3) is 0.176.